The van der Waals surface area contributed by atoms with Crippen LogP contribution in [0.5, 0.6) is 5.75 Å². The number of ether oxygens (including phenoxy) is 1. The average molecular weight is 407 g/mol. The third-order valence-corrected chi connectivity index (χ3v) is 4.77. The molecule has 2 heterocycles. The van der Waals surface area contributed by atoms with Crippen LogP contribution in [0.15, 0.2) is 54.9 Å². The third-order valence-electron chi connectivity index (χ3n) is 4.77. The van der Waals surface area contributed by atoms with Gasteiger partial charge in [0.25, 0.3) is 0 Å². The monoisotopic (exact) mass is 407 g/mol. The molecule has 9 heteroatoms. The van der Waals surface area contributed by atoms with Gasteiger partial charge in [-0.05, 0) is 19.1 Å². The highest BCUT2D eigenvalue weighted by atomic mass is 19.1. The normalized spacial score (nSPS) is 10.9. The summed E-state index contributed by atoms with van der Waals surface area (Å²) in [5.74, 6) is -0.667. The highest BCUT2D eigenvalue weighted by molar-refractivity contribution is 5.95. The van der Waals surface area contributed by atoms with E-state index >= 15 is 0 Å². The van der Waals surface area contributed by atoms with E-state index in [0.29, 0.717) is 5.69 Å². The van der Waals surface area contributed by atoms with Gasteiger partial charge in [-0.15, -0.1) is 0 Å². The highest BCUT2D eigenvalue weighted by Crippen LogP contribution is 2.34. The minimum Gasteiger partial charge on any atom is -0.494 e. The topological polar surface area (TPSA) is 95.1 Å². The molecule has 2 aromatic carbocycles. The van der Waals surface area contributed by atoms with E-state index < -0.39 is 16.4 Å². The van der Waals surface area contributed by atoms with E-state index in [1.807, 2.05) is 30.5 Å². The van der Waals surface area contributed by atoms with Crippen molar-refractivity contribution in [2.75, 3.05) is 12.4 Å². The first-order valence-electron chi connectivity index (χ1n) is 9.22. The smallest absolute Gasteiger partial charge is 0.307 e. The first-order valence-corrected chi connectivity index (χ1v) is 9.22. The van der Waals surface area contributed by atoms with Crippen LogP contribution in [0.1, 0.15) is 6.92 Å². The van der Waals surface area contributed by atoms with E-state index in [2.05, 4.69) is 26.8 Å². The molecule has 8 nitrogen and oxygen atoms in total. The molecule has 0 saturated carbocycles. The van der Waals surface area contributed by atoms with Gasteiger partial charge in [-0.2, -0.15) is 4.39 Å². The first kappa shape index (κ1) is 19.3. The summed E-state index contributed by atoms with van der Waals surface area (Å²) in [7, 11) is 1.35. The Morgan fingerprint density at radius 2 is 2.07 bits per heavy atom. The molecule has 30 heavy (non-hydrogen) atoms. The number of nitrogens with zero attached hydrogens (tertiary/aromatic N) is 4. The van der Waals surface area contributed by atoms with Gasteiger partial charge in [0.05, 0.1) is 23.4 Å². The predicted octanol–water partition coefficient (Wildman–Crippen LogP) is 4.92. The number of aromatic nitrogens is 3. The minimum absolute atomic E-state index is 0.106. The highest BCUT2D eigenvalue weighted by Gasteiger charge is 2.20. The van der Waals surface area contributed by atoms with Crippen molar-refractivity contribution in [3.8, 4) is 17.0 Å². The fourth-order valence-corrected chi connectivity index (χ4v) is 3.35. The molecule has 1 N–H and O–H groups in total. The zero-order chi connectivity index (χ0) is 21.3. The molecule has 0 saturated heterocycles. The maximum atomic E-state index is 13.9. The molecule has 0 unspecified atom stereocenters. The van der Waals surface area contributed by atoms with Crippen molar-refractivity contribution in [2.45, 2.75) is 13.5 Å². The van der Waals surface area contributed by atoms with E-state index in [9.17, 15) is 14.5 Å². The second kappa shape index (κ2) is 7.78. The van der Waals surface area contributed by atoms with Gasteiger partial charge in [-0.25, -0.2) is 9.97 Å². The molecule has 2 aromatic heterocycles. The fraction of sp³-hybridized carbons (Fsp3) is 0.143. The molecular weight excluding hydrogens is 389 g/mol. The molecular formula is C21H18FN5O3. The summed E-state index contributed by atoms with van der Waals surface area (Å²) in [6, 6.07) is 11.8. The van der Waals surface area contributed by atoms with E-state index in [1.165, 1.54) is 7.11 Å². The van der Waals surface area contributed by atoms with E-state index in [0.717, 1.165) is 35.1 Å². The molecule has 152 valence electrons. The summed E-state index contributed by atoms with van der Waals surface area (Å²) in [5, 5.41) is 15.0. The molecule has 0 aliphatic heterocycles. The van der Waals surface area contributed by atoms with Crippen molar-refractivity contribution >= 4 is 28.2 Å². The quantitative estimate of drug-likeness (QED) is 0.360. The number of halogens is 1. The first-order chi connectivity index (χ1) is 14.5. The summed E-state index contributed by atoms with van der Waals surface area (Å²) >= 11 is 0. The Morgan fingerprint density at radius 1 is 1.27 bits per heavy atom. The Bertz CT molecular complexity index is 1250. The maximum absolute atomic E-state index is 13.9. The average Bonchev–Trinajstić information content (AvgIpc) is 3.13. The lowest BCUT2D eigenvalue weighted by molar-refractivity contribution is -0.387. The van der Waals surface area contributed by atoms with Gasteiger partial charge >= 0.3 is 5.69 Å². The molecule has 4 rings (SSSR count). The largest absolute Gasteiger partial charge is 0.494 e. The zero-order valence-electron chi connectivity index (χ0n) is 16.3. The maximum Gasteiger partial charge on any atom is 0.307 e. The lowest BCUT2D eigenvalue weighted by atomic mass is 10.1. The standard InChI is InChI=1S/C21H18FN5O3/c1-3-26-12-14(13-6-4-5-7-18(13)26)16-8-9-23-21(24-16)25-17-11-19(27(28)29)15(22)10-20(17)30-2/h4-12H,3H2,1-2H3,(H,23,24,25). The van der Waals surface area contributed by atoms with Crippen LogP contribution in [0.25, 0.3) is 22.2 Å². The van der Waals surface area contributed by atoms with Crippen molar-refractivity contribution in [2.24, 2.45) is 0 Å². The molecule has 0 radical (unpaired) electrons. The van der Waals surface area contributed by atoms with Gasteiger partial charge in [0, 0.05) is 47.5 Å². The predicted molar refractivity (Wildman–Crippen MR) is 112 cm³/mol. The van der Waals surface area contributed by atoms with Gasteiger partial charge in [-0.3, -0.25) is 10.1 Å². The summed E-state index contributed by atoms with van der Waals surface area (Å²) in [6.07, 6.45) is 3.62. The summed E-state index contributed by atoms with van der Waals surface area (Å²) < 4.78 is 21.2. The van der Waals surface area contributed by atoms with E-state index in [1.54, 1.807) is 12.3 Å². The van der Waals surface area contributed by atoms with Crippen molar-refractivity contribution in [3.05, 3.63) is 70.8 Å². The van der Waals surface area contributed by atoms with Crippen molar-refractivity contribution in [1.82, 2.24) is 14.5 Å². The number of rotatable bonds is 6. The molecule has 0 spiro atoms. The SMILES string of the molecule is CCn1cc(-c2ccnc(Nc3cc([N+](=O)[O-])c(F)cc3OC)n2)c2ccccc21. The van der Waals surface area contributed by atoms with Gasteiger partial charge in [0.2, 0.25) is 11.8 Å². The van der Waals surface area contributed by atoms with E-state index in [4.69, 9.17) is 4.74 Å². The van der Waals surface area contributed by atoms with Crippen LogP contribution in [-0.2, 0) is 6.54 Å². The number of hydrogen-bond donors (Lipinski definition) is 1. The molecule has 0 bridgehead atoms. The number of anilines is 2. The Hall–Kier alpha value is -4.01. The number of aryl methyl sites for hydroxylation is 1. The van der Waals surface area contributed by atoms with Crippen LogP contribution >= 0.6 is 0 Å². The fourth-order valence-electron chi connectivity index (χ4n) is 3.35. The van der Waals surface area contributed by atoms with Gasteiger partial charge in [-0.1, -0.05) is 18.2 Å². The lowest BCUT2D eigenvalue weighted by Crippen LogP contribution is -2.02. The molecule has 0 aliphatic rings. The number of nitro groups is 1. The van der Waals surface area contributed by atoms with E-state index in [-0.39, 0.29) is 17.4 Å². The second-order valence-electron chi connectivity index (χ2n) is 6.50. The molecule has 4 aromatic rings. The molecule has 0 fully saturated rings. The van der Waals surface area contributed by atoms with Crippen LogP contribution < -0.4 is 10.1 Å². The minimum atomic E-state index is -0.982. The summed E-state index contributed by atoms with van der Waals surface area (Å²) in [5.41, 5.74) is 2.25. The molecule has 0 amide bonds. The number of nitrogens with one attached hydrogen (secondary N) is 1. The van der Waals surface area contributed by atoms with Crippen molar-refractivity contribution in [3.63, 3.8) is 0 Å². The number of benzene rings is 2. The van der Waals surface area contributed by atoms with Crippen LogP contribution in [0, 0.1) is 15.9 Å². The van der Waals surface area contributed by atoms with Crippen LogP contribution in [-0.4, -0.2) is 26.6 Å². The van der Waals surface area contributed by atoms with Crippen LogP contribution in [0.3, 0.4) is 0 Å². The Balaban J connectivity index is 1.76. The zero-order valence-corrected chi connectivity index (χ0v) is 16.3. The number of methoxy groups -OCH3 is 1. The van der Waals surface area contributed by atoms with Gasteiger partial charge in [0.1, 0.15) is 5.75 Å². The Morgan fingerprint density at radius 3 is 2.80 bits per heavy atom. The van der Waals surface area contributed by atoms with Gasteiger partial charge in [0.15, 0.2) is 0 Å². The summed E-state index contributed by atoms with van der Waals surface area (Å²) in [6.45, 7) is 2.88. The summed E-state index contributed by atoms with van der Waals surface area (Å²) in [4.78, 5) is 19.0. The number of para-hydroxylation sites is 1. The molecule has 0 aliphatic carbocycles. The lowest BCUT2D eigenvalue weighted by Gasteiger charge is -2.11. The number of fused-ring (bicyclic) bond motifs is 1. The van der Waals surface area contributed by atoms with Crippen LogP contribution in [0.4, 0.5) is 21.7 Å². The van der Waals surface area contributed by atoms with Crippen molar-refractivity contribution in [1.29, 1.82) is 0 Å². The Labute approximate surface area is 171 Å². The van der Waals surface area contributed by atoms with Crippen LogP contribution in [0.2, 0.25) is 0 Å². The van der Waals surface area contributed by atoms with Crippen molar-refractivity contribution < 1.29 is 14.1 Å². The number of hydrogen-bond acceptors (Lipinski definition) is 6. The second-order valence-corrected chi connectivity index (χ2v) is 6.50. The Kier molecular flexibility index (Phi) is 5.01. The number of nitro benzene ring substituents is 1. The molecule has 0 atom stereocenters. The van der Waals surface area contributed by atoms with Gasteiger partial charge < -0.3 is 14.6 Å². The third kappa shape index (κ3) is 3.41.